The monoisotopic (exact) mass is 349 g/mol. The second kappa shape index (κ2) is 7.82. The van der Waals surface area contributed by atoms with Crippen LogP contribution in [0.4, 0.5) is 10.6 Å². The van der Waals surface area contributed by atoms with Crippen LogP contribution >= 0.6 is 0 Å². The summed E-state index contributed by atoms with van der Waals surface area (Å²) in [5.74, 6) is 0.522. The molecule has 0 aliphatic rings. The zero-order valence-electron chi connectivity index (χ0n) is 15.3. The van der Waals surface area contributed by atoms with E-state index in [0.29, 0.717) is 12.4 Å². The van der Waals surface area contributed by atoms with E-state index in [-0.39, 0.29) is 12.1 Å². The van der Waals surface area contributed by atoms with Crippen LogP contribution < -0.4 is 5.32 Å². The molecule has 0 radical (unpaired) electrons. The molecule has 1 aromatic carbocycles. The number of carbonyl (C=O) groups excluding carboxylic acids is 1. The Morgan fingerprint density at radius 2 is 1.96 bits per heavy atom. The predicted molar refractivity (Wildman–Crippen MR) is 102 cm³/mol. The maximum absolute atomic E-state index is 12.5. The Labute approximate surface area is 153 Å². The standard InChI is InChI=1S/C20H23N5O/c1-15-7-9-17(10-8-15)16(2)24(3)20(26)22-19-11-13-25(23-19)14-18-6-4-5-12-21-18/h4-13,16H,14H2,1-3H3,(H,22,23,26). The van der Waals surface area contributed by atoms with Crippen molar-refractivity contribution in [2.45, 2.75) is 26.4 Å². The van der Waals surface area contributed by atoms with Crippen LogP contribution in [0.1, 0.15) is 29.8 Å². The minimum atomic E-state index is -0.193. The van der Waals surface area contributed by atoms with Crippen molar-refractivity contribution in [3.63, 3.8) is 0 Å². The number of aryl methyl sites for hydroxylation is 1. The zero-order chi connectivity index (χ0) is 18.5. The lowest BCUT2D eigenvalue weighted by molar-refractivity contribution is 0.208. The number of nitrogens with zero attached hydrogens (tertiary/aromatic N) is 4. The Kier molecular flexibility index (Phi) is 5.31. The molecule has 1 N–H and O–H groups in total. The van der Waals surface area contributed by atoms with Crippen molar-refractivity contribution in [1.82, 2.24) is 19.7 Å². The lowest BCUT2D eigenvalue weighted by Crippen LogP contribution is -2.33. The molecule has 0 spiro atoms. The number of benzene rings is 1. The highest BCUT2D eigenvalue weighted by Crippen LogP contribution is 2.20. The van der Waals surface area contributed by atoms with E-state index in [1.807, 2.05) is 50.4 Å². The largest absolute Gasteiger partial charge is 0.323 e. The maximum Gasteiger partial charge on any atom is 0.323 e. The predicted octanol–water partition coefficient (Wildman–Crippen LogP) is 3.86. The van der Waals surface area contributed by atoms with Crippen LogP contribution in [0.15, 0.2) is 60.9 Å². The Hall–Kier alpha value is -3.15. The number of carbonyl (C=O) groups is 1. The molecule has 1 unspecified atom stereocenters. The molecule has 1 atom stereocenters. The van der Waals surface area contributed by atoms with Crippen molar-refractivity contribution in [3.05, 3.63) is 77.7 Å². The molecule has 134 valence electrons. The number of anilines is 1. The molecule has 6 heteroatoms. The van der Waals surface area contributed by atoms with Gasteiger partial charge in [0.25, 0.3) is 0 Å². The zero-order valence-corrected chi connectivity index (χ0v) is 15.3. The number of rotatable bonds is 5. The van der Waals surface area contributed by atoms with Gasteiger partial charge in [0.05, 0.1) is 18.3 Å². The van der Waals surface area contributed by atoms with Crippen molar-refractivity contribution < 1.29 is 4.79 Å². The highest BCUT2D eigenvalue weighted by molar-refractivity contribution is 5.88. The van der Waals surface area contributed by atoms with E-state index in [9.17, 15) is 4.79 Å². The van der Waals surface area contributed by atoms with Crippen molar-refractivity contribution >= 4 is 11.8 Å². The van der Waals surface area contributed by atoms with Gasteiger partial charge in [0.15, 0.2) is 5.82 Å². The first-order valence-corrected chi connectivity index (χ1v) is 8.56. The number of aromatic nitrogens is 3. The molecule has 0 saturated heterocycles. The Morgan fingerprint density at radius 3 is 2.65 bits per heavy atom. The molecule has 3 aromatic rings. The van der Waals surface area contributed by atoms with Crippen LogP contribution in [-0.2, 0) is 6.54 Å². The van der Waals surface area contributed by atoms with E-state index in [0.717, 1.165) is 11.3 Å². The number of pyridine rings is 1. The highest BCUT2D eigenvalue weighted by atomic mass is 16.2. The second-order valence-corrected chi connectivity index (χ2v) is 6.35. The first-order chi connectivity index (χ1) is 12.5. The summed E-state index contributed by atoms with van der Waals surface area (Å²) >= 11 is 0. The third-order valence-electron chi connectivity index (χ3n) is 4.39. The van der Waals surface area contributed by atoms with Crippen LogP contribution in [0.5, 0.6) is 0 Å². The van der Waals surface area contributed by atoms with E-state index in [2.05, 4.69) is 27.5 Å². The molecule has 0 aliphatic carbocycles. The topological polar surface area (TPSA) is 63.1 Å². The van der Waals surface area contributed by atoms with Crippen molar-refractivity contribution in [2.24, 2.45) is 0 Å². The molecule has 26 heavy (non-hydrogen) atoms. The van der Waals surface area contributed by atoms with Crippen LogP contribution in [0, 0.1) is 6.92 Å². The van der Waals surface area contributed by atoms with Gasteiger partial charge < -0.3 is 4.90 Å². The van der Waals surface area contributed by atoms with Crippen LogP contribution in [0.25, 0.3) is 0 Å². The summed E-state index contributed by atoms with van der Waals surface area (Å²) in [4.78, 5) is 18.5. The van der Waals surface area contributed by atoms with Gasteiger partial charge in [0, 0.05) is 25.5 Å². The molecule has 0 bridgehead atoms. The first-order valence-electron chi connectivity index (χ1n) is 8.56. The number of hydrogen-bond donors (Lipinski definition) is 1. The summed E-state index contributed by atoms with van der Waals surface area (Å²) in [7, 11) is 1.78. The van der Waals surface area contributed by atoms with Crippen molar-refractivity contribution in [2.75, 3.05) is 12.4 Å². The molecule has 0 saturated carbocycles. The average Bonchev–Trinajstić information content (AvgIpc) is 3.08. The number of urea groups is 1. The molecule has 2 heterocycles. The summed E-state index contributed by atoms with van der Waals surface area (Å²) in [6.07, 6.45) is 3.58. The van der Waals surface area contributed by atoms with E-state index in [4.69, 9.17) is 0 Å². The fourth-order valence-corrected chi connectivity index (χ4v) is 2.62. The quantitative estimate of drug-likeness (QED) is 0.761. The highest BCUT2D eigenvalue weighted by Gasteiger charge is 2.18. The van der Waals surface area contributed by atoms with Crippen LogP contribution in [-0.4, -0.2) is 32.7 Å². The molecule has 6 nitrogen and oxygen atoms in total. The van der Waals surface area contributed by atoms with E-state index in [1.165, 1.54) is 5.56 Å². The smallest absolute Gasteiger partial charge is 0.321 e. The fourth-order valence-electron chi connectivity index (χ4n) is 2.62. The third-order valence-corrected chi connectivity index (χ3v) is 4.39. The molecular formula is C20H23N5O. The Balaban J connectivity index is 1.61. The number of nitrogens with one attached hydrogen (secondary N) is 1. The molecule has 3 rings (SSSR count). The first kappa shape index (κ1) is 17.7. The molecule has 0 aliphatic heterocycles. The van der Waals surface area contributed by atoms with Gasteiger partial charge in [-0.15, -0.1) is 0 Å². The molecule has 2 amide bonds. The maximum atomic E-state index is 12.5. The van der Waals surface area contributed by atoms with Gasteiger partial charge in [-0.2, -0.15) is 5.10 Å². The van der Waals surface area contributed by atoms with Crippen LogP contribution in [0.2, 0.25) is 0 Å². The van der Waals surface area contributed by atoms with Gasteiger partial charge in [-0.3, -0.25) is 15.0 Å². The summed E-state index contributed by atoms with van der Waals surface area (Å²) in [6.45, 7) is 4.61. The SMILES string of the molecule is Cc1ccc(C(C)N(C)C(=O)Nc2ccn(Cc3ccccn3)n2)cc1. The summed E-state index contributed by atoms with van der Waals surface area (Å²) in [5.41, 5.74) is 3.21. The summed E-state index contributed by atoms with van der Waals surface area (Å²) in [6, 6.07) is 15.5. The van der Waals surface area contributed by atoms with Crippen molar-refractivity contribution in [3.8, 4) is 0 Å². The van der Waals surface area contributed by atoms with Gasteiger partial charge in [0.2, 0.25) is 0 Å². The average molecular weight is 349 g/mol. The minimum absolute atomic E-state index is 0.0359. The van der Waals surface area contributed by atoms with Gasteiger partial charge in [0.1, 0.15) is 0 Å². The van der Waals surface area contributed by atoms with Crippen molar-refractivity contribution in [1.29, 1.82) is 0 Å². The summed E-state index contributed by atoms with van der Waals surface area (Å²) in [5, 5.41) is 7.23. The fraction of sp³-hybridized carbons (Fsp3) is 0.250. The van der Waals surface area contributed by atoms with Crippen LogP contribution in [0.3, 0.4) is 0 Å². The normalized spacial score (nSPS) is 11.8. The van der Waals surface area contributed by atoms with Gasteiger partial charge in [-0.25, -0.2) is 4.79 Å². The third kappa shape index (κ3) is 4.27. The van der Waals surface area contributed by atoms with E-state index < -0.39 is 0 Å². The summed E-state index contributed by atoms with van der Waals surface area (Å²) < 4.78 is 1.75. The molecule has 0 fully saturated rings. The second-order valence-electron chi connectivity index (χ2n) is 6.35. The number of hydrogen-bond acceptors (Lipinski definition) is 3. The number of amides is 2. The van der Waals surface area contributed by atoms with Gasteiger partial charge >= 0.3 is 6.03 Å². The van der Waals surface area contributed by atoms with E-state index in [1.54, 1.807) is 28.9 Å². The lowest BCUT2D eigenvalue weighted by Gasteiger charge is -2.25. The minimum Gasteiger partial charge on any atom is -0.321 e. The Bertz CT molecular complexity index is 857. The molecular weight excluding hydrogens is 326 g/mol. The van der Waals surface area contributed by atoms with Gasteiger partial charge in [-0.05, 0) is 31.5 Å². The van der Waals surface area contributed by atoms with Gasteiger partial charge in [-0.1, -0.05) is 35.9 Å². The van der Waals surface area contributed by atoms with E-state index >= 15 is 0 Å². The Morgan fingerprint density at radius 1 is 1.19 bits per heavy atom. The molecule has 2 aromatic heterocycles. The lowest BCUT2D eigenvalue weighted by atomic mass is 10.1.